The van der Waals surface area contributed by atoms with Crippen molar-refractivity contribution in [2.75, 3.05) is 13.1 Å². The molecule has 1 aromatic heterocycles. The zero-order valence-electron chi connectivity index (χ0n) is 18.1. The molecule has 1 saturated heterocycles. The minimum atomic E-state index is -4.41. The molecule has 2 aromatic carbocycles. The summed E-state index contributed by atoms with van der Waals surface area (Å²) in [5, 5.41) is 0.837. The van der Waals surface area contributed by atoms with Gasteiger partial charge in [-0.05, 0) is 61.0 Å². The van der Waals surface area contributed by atoms with Crippen LogP contribution >= 0.6 is 23.2 Å². The standard InChI is InChI=1S/C25H21Cl2F3N2O2/c1-15(34-19-7-5-18(6-8-19)25(28,29)30)20-13-32(24(33)17-3-2-10-31-12-17)14-21(20)16-4-9-22(26)23(27)11-16/h2-12,15,20-21H,13-14H2,1H3/t15-,20+,21+/m1/s1. The Labute approximate surface area is 205 Å². The number of amides is 1. The van der Waals surface area contributed by atoms with Crippen LogP contribution in [-0.2, 0) is 6.18 Å². The highest BCUT2D eigenvalue weighted by Crippen LogP contribution is 2.39. The molecule has 4 nitrogen and oxygen atoms in total. The van der Waals surface area contributed by atoms with Gasteiger partial charge in [0.2, 0.25) is 0 Å². The number of rotatable bonds is 5. The van der Waals surface area contributed by atoms with Crippen molar-refractivity contribution in [1.29, 1.82) is 0 Å². The number of hydrogen-bond acceptors (Lipinski definition) is 3. The summed E-state index contributed by atoms with van der Waals surface area (Å²) >= 11 is 12.3. The Bertz CT molecular complexity index is 1160. The minimum absolute atomic E-state index is 0.111. The van der Waals surface area contributed by atoms with E-state index in [-0.39, 0.29) is 17.7 Å². The van der Waals surface area contributed by atoms with Gasteiger partial charge in [0.1, 0.15) is 11.9 Å². The number of benzene rings is 2. The lowest BCUT2D eigenvalue weighted by molar-refractivity contribution is -0.137. The average Bonchev–Trinajstić information content (AvgIpc) is 3.26. The molecule has 1 amide bonds. The van der Waals surface area contributed by atoms with E-state index in [9.17, 15) is 18.0 Å². The maximum Gasteiger partial charge on any atom is 0.416 e. The maximum atomic E-state index is 13.1. The average molecular weight is 509 g/mol. The normalized spacial score (nSPS) is 19.2. The van der Waals surface area contributed by atoms with Crippen molar-refractivity contribution in [3.63, 3.8) is 0 Å². The molecule has 0 radical (unpaired) electrons. The monoisotopic (exact) mass is 508 g/mol. The van der Waals surface area contributed by atoms with Gasteiger partial charge in [0.05, 0.1) is 21.2 Å². The molecule has 178 valence electrons. The van der Waals surface area contributed by atoms with E-state index in [4.69, 9.17) is 27.9 Å². The Balaban J connectivity index is 1.58. The largest absolute Gasteiger partial charge is 0.490 e. The molecule has 1 fully saturated rings. The second kappa shape index (κ2) is 9.84. The lowest BCUT2D eigenvalue weighted by atomic mass is 9.85. The van der Waals surface area contributed by atoms with Crippen molar-refractivity contribution in [2.24, 2.45) is 5.92 Å². The smallest absolute Gasteiger partial charge is 0.416 e. The number of alkyl halides is 3. The summed E-state index contributed by atoms with van der Waals surface area (Å²) in [6.45, 7) is 2.68. The molecule has 2 heterocycles. The molecular formula is C25H21Cl2F3N2O2. The van der Waals surface area contributed by atoms with E-state index in [1.54, 1.807) is 35.4 Å². The summed E-state index contributed by atoms with van der Waals surface area (Å²) in [4.78, 5) is 18.9. The Hall–Kier alpha value is -2.77. The molecule has 0 N–H and O–H groups in total. The first-order valence-electron chi connectivity index (χ1n) is 10.6. The second-order valence-corrected chi connectivity index (χ2v) is 9.06. The van der Waals surface area contributed by atoms with Crippen LogP contribution in [0.25, 0.3) is 0 Å². The highest BCUT2D eigenvalue weighted by atomic mass is 35.5. The molecule has 0 unspecified atom stereocenters. The topological polar surface area (TPSA) is 42.4 Å². The van der Waals surface area contributed by atoms with Gasteiger partial charge >= 0.3 is 6.18 Å². The third-order valence-electron chi connectivity index (χ3n) is 6.04. The second-order valence-electron chi connectivity index (χ2n) is 8.24. The number of carbonyl (C=O) groups excluding carboxylic acids is 1. The SMILES string of the molecule is C[C@@H](Oc1ccc(C(F)(F)F)cc1)[C@@H]1CN(C(=O)c2cccnc2)C[C@H]1c1ccc(Cl)c(Cl)c1. The Morgan fingerprint density at radius 3 is 2.44 bits per heavy atom. The molecule has 0 bridgehead atoms. The Kier molecular flexibility index (Phi) is 7.05. The fourth-order valence-electron chi connectivity index (χ4n) is 4.26. The number of likely N-dealkylation sites (tertiary alicyclic amines) is 1. The summed E-state index contributed by atoms with van der Waals surface area (Å²) < 4.78 is 44.7. The zero-order valence-corrected chi connectivity index (χ0v) is 19.6. The summed E-state index contributed by atoms with van der Waals surface area (Å²) in [6.07, 6.45) is -1.70. The highest BCUT2D eigenvalue weighted by Gasteiger charge is 2.40. The van der Waals surface area contributed by atoms with Crippen LogP contribution in [0.1, 0.15) is 34.3 Å². The lowest BCUT2D eigenvalue weighted by Crippen LogP contribution is -2.32. The fourth-order valence-corrected chi connectivity index (χ4v) is 4.57. The van der Waals surface area contributed by atoms with Crippen molar-refractivity contribution in [2.45, 2.75) is 25.1 Å². The minimum Gasteiger partial charge on any atom is -0.490 e. The highest BCUT2D eigenvalue weighted by molar-refractivity contribution is 6.42. The molecule has 4 rings (SSSR count). The first-order chi connectivity index (χ1) is 16.1. The van der Waals surface area contributed by atoms with Crippen molar-refractivity contribution < 1.29 is 22.7 Å². The predicted molar refractivity (Wildman–Crippen MR) is 124 cm³/mol. The maximum absolute atomic E-state index is 13.1. The lowest BCUT2D eigenvalue weighted by Gasteiger charge is -2.26. The van der Waals surface area contributed by atoms with Crippen LogP contribution in [0.2, 0.25) is 10.0 Å². The molecule has 0 saturated carbocycles. The number of aromatic nitrogens is 1. The Morgan fingerprint density at radius 2 is 1.82 bits per heavy atom. The van der Waals surface area contributed by atoms with E-state index < -0.39 is 17.8 Å². The van der Waals surface area contributed by atoms with Crippen LogP contribution in [0.15, 0.2) is 67.0 Å². The van der Waals surface area contributed by atoms with Crippen LogP contribution < -0.4 is 4.74 Å². The number of hydrogen-bond donors (Lipinski definition) is 0. The molecule has 1 aliphatic rings. The summed E-state index contributed by atoms with van der Waals surface area (Å²) in [7, 11) is 0. The van der Waals surface area contributed by atoms with Crippen molar-refractivity contribution >= 4 is 29.1 Å². The number of ether oxygens (including phenoxy) is 1. The number of halogens is 5. The van der Waals surface area contributed by atoms with Crippen molar-refractivity contribution in [3.05, 3.63) is 93.7 Å². The van der Waals surface area contributed by atoms with Gasteiger partial charge in [-0.15, -0.1) is 0 Å². The first-order valence-corrected chi connectivity index (χ1v) is 11.4. The van der Waals surface area contributed by atoms with Gasteiger partial charge < -0.3 is 9.64 Å². The van der Waals surface area contributed by atoms with E-state index in [0.717, 1.165) is 17.7 Å². The van der Waals surface area contributed by atoms with Gasteiger partial charge in [-0.2, -0.15) is 13.2 Å². The van der Waals surface area contributed by atoms with Crippen LogP contribution in [0.5, 0.6) is 5.75 Å². The van der Waals surface area contributed by atoms with E-state index in [1.807, 2.05) is 13.0 Å². The van der Waals surface area contributed by atoms with Gasteiger partial charge in [-0.3, -0.25) is 9.78 Å². The number of nitrogens with zero attached hydrogens (tertiary/aromatic N) is 2. The quantitative estimate of drug-likeness (QED) is 0.383. The Morgan fingerprint density at radius 1 is 1.09 bits per heavy atom. The van der Waals surface area contributed by atoms with Crippen LogP contribution in [0.4, 0.5) is 13.2 Å². The first kappa shape index (κ1) is 24.4. The third-order valence-corrected chi connectivity index (χ3v) is 6.78. The fraction of sp³-hybridized carbons (Fsp3) is 0.280. The van der Waals surface area contributed by atoms with Crippen LogP contribution in [-0.4, -0.2) is 35.0 Å². The molecule has 9 heteroatoms. The van der Waals surface area contributed by atoms with Crippen LogP contribution in [0.3, 0.4) is 0 Å². The van der Waals surface area contributed by atoms with Gasteiger partial charge in [-0.25, -0.2) is 0 Å². The van der Waals surface area contributed by atoms with Crippen molar-refractivity contribution in [3.8, 4) is 5.75 Å². The van der Waals surface area contributed by atoms with Gasteiger partial charge in [0, 0.05) is 37.3 Å². The van der Waals surface area contributed by atoms with E-state index in [2.05, 4.69) is 4.98 Å². The molecule has 0 spiro atoms. The zero-order chi connectivity index (χ0) is 24.5. The van der Waals surface area contributed by atoms with Crippen LogP contribution in [0, 0.1) is 5.92 Å². The summed E-state index contributed by atoms with van der Waals surface area (Å²) in [5.41, 5.74) is 0.645. The van der Waals surface area contributed by atoms with E-state index in [1.165, 1.54) is 18.3 Å². The van der Waals surface area contributed by atoms with Gasteiger partial charge in [-0.1, -0.05) is 29.3 Å². The molecule has 34 heavy (non-hydrogen) atoms. The van der Waals surface area contributed by atoms with Gasteiger partial charge in [0.25, 0.3) is 5.91 Å². The van der Waals surface area contributed by atoms with Crippen molar-refractivity contribution in [1.82, 2.24) is 9.88 Å². The molecule has 0 aliphatic carbocycles. The summed E-state index contributed by atoms with van der Waals surface area (Å²) in [5.74, 6) is -0.0761. The van der Waals surface area contributed by atoms with E-state index >= 15 is 0 Å². The van der Waals surface area contributed by atoms with Gasteiger partial charge in [0.15, 0.2) is 0 Å². The molecular weight excluding hydrogens is 488 g/mol. The van der Waals surface area contributed by atoms with E-state index in [0.29, 0.717) is 34.4 Å². The number of pyridine rings is 1. The predicted octanol–water partition coefficient (Wildman–Crippen LogP) is 6.73. The summed E-state index contributed by atoms with van der Waals surface area (Å²) in [6, 6.07) is 13.4. The molecule has 3 aromatic rings. The molecule has 1 aliphatic heterocycles. The number of carbonyl (C=O) groups is 1. The molecule has 3 atom stereocenters. The third kappa shape index (κ3) is 5.31.